The summed E-state index contributed by atoms with van der Waals surface area (Å²) in [5.41, 5.74) is 1.76. The van der Waals surface area contributed by atoms with Crippen molar-refractivity contribution < 1.29 is 22.7 Å². The van der Waals surface area contributed by atoms with Crippen LogP contribution in [0.4, 0.5) is 5.69 Å². The van der Waals surface area contributed by atoms with Crippen molar-refractivity contribution in [2.45, 2.75) is 18.2 Å². The normalized spacial score (nSPS) is 13.4. The molecule has 0 amide bonds. The number of ether oxygens (including phenoxy) is 2. The van der Waals surface area contributed by atoms with Gasteiger partial charge < -0.3 is 9.47 Å². The molecule has 2 aromatic rings. The third-order valence-corrected chi connectivity index (χ3v) is 5.91. The van der Waals surface area contributed by atoms with Crippen LogP contribution in [0.1, 0.15) is 22.8 Å². The molecule has 7 heteroatoms. The van der Waals surface area contributed by atoms with Crippen molar-refractivity contribution in [2.75, 3.05) is 24.6 Å². The van der Waals surface area contributed by atoms with Gasteiger partial charge in [-0.05, 0) is 43.2 Å². The molecule has 1 heterocycles. The molecule has 0 radical (unpaired) electrons. The second-order valence-electron chi connectivity index (χ2n) is 5.54. The van der Waals surface area contributed by atoms with E-state index in [1.165, 1.54) is 29.6 Å². The Morgan fingerprint density at radius 1 is 1.20 bits per heavy atom. The van der Waals surface area contributed by atoms with E-state index in [-0.39, 0.29) is 22.8 Å². The van der Waals surface area contributed by atoms with Gasteiger partial charge in [-0.15, -0.1) is 0 Å². The number of carbonyl (C=O) groups excluding carboxylic acids is 1. The summed E-state index contributed by atoms with van der Waals surface area (Å²) >= 11 is 0. The lowest BCUT2D eigenvalue weighted by molar-refractivity contribution is 0.0522. The monoisotopic (exact) mass is 361 g/mol. The summed E-state index contributed by atoms with van der Waals surface area (Å²) in [6, 6.07) is 11.6. The molecule has 0 unspecified atom stereocenters. The number of esters is 1. The van der Waals surface area contributed by atoms with Gasteiger partial charge in [-0.25, -0.2) is 13.2 Å². The highest BCUT2D eigenvalue weighted by Crippen LogP contribution is 2.34. The van der Waals surface area contributed by atoms with Crippen molar-refractivity contribution in [1.82, 2.24) is 0 Å². The predicted octanol–water partition coefficient (Wildman–Crippen LogP) is 2.62. The molecule has 0 saturated heterocycles. The van der Waals surface area contributed by atoms with E-state index >= 15 is 0 Å². The van der Waals surface area contributed by atoms with E-state index in [0.29, 0.717) is 18.7 Å². The van der Waals surface area contributed by atoms with Crippen molar-refractivity contribution in [1.29, 1.82) is 0 Å². The molecule has 0 fully saturated rings. The molecule has 0 aromatic heterocycles. The fourth-order valence-corrected chi connectivity index (χ4v) is 4.43. The molecule has 0 N–H and O–H groups in total. The van der Waals surface area contributed by atoms with E-state index in [9.17, 15) is 13.2 Å². The van der Waals surface area contributed by atoms with Crippen LogP contribution in [-0.2, 0) is 21.2 Å². The highest BCUT2D eigenvalue weighted by Gasteiger charge is 2.31. The van der Waals surface area contributed by atoms with Crippen LogP contribution in [-0.4, -0.2) is 34.6 Å². The largest absolute Gasteiger partial charge is 0.496 e. The number of anilines is 1. The molecule has 1 aliphatic heterocycles. The van der Waals surface area contributed by atoms with E-state index < -0.39 is 16.0 Å². The number of para-hydroxylation sites is 1. The van der Waals surface area contributed by atoms with Crippen molar-refractivity contribution in [3.63, 3.8) is 0 Å². The number of hydrogen-bond donors (Lipinski definition) is 0. The molecular formula is C18H19NO5S. The first kappa shape index (κ1) is 17.3. The fraction of sp³-hybridized carbons (Fsp3) is 0.278. The fourth-order valence-electron chi connectivity index (χ4n) is 2.90. The first-order valence-electron chi connectivity index (χ1n) is 7.95. The molecule has 1 aliphatic rings. The number of rotatable bonds is 5. The van der Waals surface area contributed by atoms with Crippen molar-refractivity contribution in [3.8, 4) is 5.75 Å². The number of carbonyl (C=O) groups is 1. The summed E-state index contributed by atoms with van der Waals surface area (Å²) < 4.78 is 37.6. The second kappa shape index (κ2) is 6.76. The number of fused-ring (bicyclic) bond motifs is 1. The van der Waals surface area contributed by atoms with Crippen LogP contribution in [0.5, 0.6) is 5.75 Å². The molecule has 6 nitrogen and oxygen atoms in total. The zero-order valence-electron chi connectivity index (χ0n) is 14.1. The molecule has 3 rings (SSSR count). The number of nitrogens with zero attached hydrogens (tertiary/aromatic N) is 1. The lowest BCUT2D eigenvalue weighted by Gasteiger charge is -2.20. The minimum atomic E-state index is -3.78. The summed E-state index contributed by atoms with van der Waals surface area (Å²) in [6.45, 7) is 2.26. The number of sulfonamides is 1. The summed E-state index contributed by atoms with van der Waals surface area (Å²) in [4.78, 5) is 12.1. The third-order valence-electron chi connectivity index (χ3n) is 4.10. The van der Waals surface area contributed by atoms with E-state index in [1.54, 1.807) is 13.0 Å². The predicted molar refractivity (Wildman–Crippen MR) is 93.6 cm³/mol. The van der Waals surface area contributed by atoms with Gasteiger partial charge in [-0.2, -0.15) is 0 Å². The van der Waals surface area contributed by atoms with Gasteiger partial charge in [0.2, 0.25) is 0 Å². The quantitative estimate of drug-likeness (QED) is 0.766. The highest BCUT2D eigenvalue weighted by atomic mass is 32.2. The Balaban J connectivity index is 2.04. The molecule has 0 bridgehead atoms. The van der Waals surface area contributed by atoms with Crippen LogP contribution in [0.25, 0.3) is 0 Å². The van der Waals surface area contributed by atoms with Gasteiger partial charge in [0.1, 0.15) is 11.3 Å². The van der Waals surface area contributed by atoms with Gasteiger partial charge in [0.05, 0.1) is 24.3 Å². The zero-order valence-corrected chi connectivity index (χ0v) is 14.9. The molecule has 0 saturated carbocycles. The van der Waals surface area contributed by atoms with Crippen LogP contribution in [0.2, 0.25) is 0 Å². The van der Waals surface area contributed by atoms with Gasteiger partial charge in [-0.1, -0.05) is 18.2 Å². The van der Waals surface area contributed by atoms with E-state index in [4.69, 9.17) is 9.47 Å². The summed E-state index contributed by atoms with van der Waals surface area (Å²) in [5.74, 6) is -0.336. The van der Waals surface area contributed by atoms with Gasteiger partial charge in [0, 0.05) is 6.54 Å². The molecule has 0 aliphatic carbocycles. The van der Waals surface area contributed by atoms with Crippen LogP contribution in [0.15, 0.2) is 47.4 Å². The standard InChI is InChI=1S/C18H19NO5S/c1-3-24-18(20)15-12-14(8-9-17(15)23-2)25(21,22)19-11-10-13-6-4-5-7-16(13)19/h4-9,12H,3,10-11H2,1-2H3. The molecule has 132 valence electrons. The minimum Gasteiger partial charge on any atom is -0.496 e. The zero-order chi connectivity index (χ0) is 18.0. The maximum absolute atomic E-state index is 13.1. The second-order valence-corrected chi connectivity index (χ2v) is 7.40. The van der Waals surface area contributed by atoms with Gasteiger partial charge >= 0.3 is 5.97 Å². The number of methoxy groups -OCH3 is 1. The molecule has 0 spiro atoms. The van der Waals surface area contributed by atoms with E-state index in [0.717, 1.165) is 5.56 Å². The topological polar surface area (TPSA) is 72.9 Å². The Hall–Kier alpha value is -2.54. The van der Waals surface area contributed by atoms with Crippen LogP contribution >= 0.6 is 0 Å². The smallest absolute Gasteiger partial charge is 0.341 e. The first-order chi connectivity index (χ1) is 12.0. The molecule has 0 atom stereocenters. The van der Waals surface area contributed by atoms with Crippen LogP contribution in [0, 0.1) is 0 Å². The van der Waals surface area contributed by atoms with E-state index in [2.05, 4.69) is 0 Å². The molecule has 25 heavy (non-hydrogen) atoms. The third kappa shape index (κ3) is 3.07. The van der Waals surface area contributed by atoms with Gasteiger partial charge in [0.25, 0.3) is 10.0 Å². The maximum Gasteiger partial charge on any atom is 0.341 e. The van der Waals surface area contributed by atoms with Gasteiger partial charge in [-0.3, -0.25) is 4.31 Å². The Kier molecular flexibility index (Phi) is 4.67. The van der Waals surface area contributed by atoms with Crippen LogP contribution < -0.4 is 9.04 Å². The van der Waals surface area contributed by atoms with Crippen LogP contribution in [0.3, 0.4) is 0 Å². The SMILES string of the molecule is CCOC(=O)c1cc(S(=O)(=O)N2CCc3ccccc32)ccc1OC. The Morgan fingerprint density at radius 2 is 1.96 bits per heavy atom. The molecule has 2 aromatic carbocycles. The average molecular weight is 361 g/mol. The van der Waals surface area contributed by atoms with Crippen molar-refractivity contribution >= 4 is 21.7 Å². The Labute approximate surface area is 147 Å². The summed E-state index contributed by atoms with van der Waals surface area (Å²) in [6.07, 6.45) is 0.663. The summed E-state index contributed by atoms with van der Waals surface area (Å²) in [7, 11) is -2.36. The van der Waals surface area contributed by atoms with Gasteiger partial charge in [0.15, 0.2) is 0 Å². The summed E-state index contributed by atoms with van der Waals surface area (Å²) in [5, 5.41) is 0. The minimum absolute atomic E-state index is 0.0352. The lowest BCUT2D eigenvalue weighted by Crippen LogP contribution is -2.29. The Morgan fingerprint density at radius 3 is 2.68 bits per heavy atom. The first-order valence-corrected chi connectivity index (χ1v) is 9.39. The van der Waals surface area contributed by atoms with E-state index in [1.807, 2.05) is 18.2 Å². The number of benzene rings is 2. The number of hydrogen-bond acceptors (Lipinski definition) is 5. The average Bonchev–Trinajstić information content (AvgIpc) is 3.06. The molecular weight excluding hydrogens is 342 g/mol. The van der Waals surface area contributed by atoms with Crippen molar-refractivity contribution in [2.24, 2.45) is 0 Å². The maximum atomic E-state index is 13.1. The lowest BCUT2D eigenvalue weighted by atomic mass is 10.2. The highest BCUT2D eigenvalue weighted by molar-refractivity contribution is 7.92. The van der Waals surface area contributed by atoms with Crippen molar-refractivity contribution in [3.05, 3.63) is 53.6 Å². The Bertz CT molecular complexity index is 907.